The van der Waals surface area contributed by atoms with Gasteiger partial charge in [-0.15, -0.1) is 0 Å². The molecule has 0 spiro atoms. The lowest BCUT2D eigenvalue weighted by Crippen LogP contribution is -2.35. The lowest BCUT2D eigenvalue weighted by atomic mass is 9.95. The van der Waals surface area contributed by atoms with E-state index >= 15 is 0 Å². The van der Waals surface area contributed by atoms with Gasteiger partial charge in [-0.25, -0.2) is 15.0 Å². The topological polar surface area (TPSA) is 82.9 Å². The zero-order valence-electron chi connectivity index (χ0n) is 18.4. The number of aromatic amines is 1. The molecule has 2 fully saturated rings. The number of H-pyrrole nitrogens is 1. The number of nitrogens with one attached hydrogen (secondary N) is 1. The van der Waals surface area contributed by atoms with Crippen molar-refractivity contribution >= 4 is 27.9 Å². The number of fused-ring (bicyclic) bond motifs is 2. The van der Waals surface area contributed by atoms with Crippen molar-refractivity contribution in [3.05, 3.63) is 36.9 Å². The molecule has 3 aromatic heterocycles. The minimum absolute atomic E-state index is 0.277. The van der Waals surface area contributed by atoms with Gasteiger partial charge in [-0.3, -0.25) is 0 Å². The second kappa shape index (κ2) is 8.20. The van der Waals surface area contributed by atoms with Crippen molar-refractivity contribution in [1.82, 2.24) is 24.5 Å². The van der Waals surface area contributed by atoms with Crippen LogP contribution in [0.25, 0.3) is 33.3 Å². The average molecular weight is 431 g/mol. The molecule has 1 aliphatic carbocycles. The Labute approximate surface area is 187 Å². The Kier molecular flexibility index (Phi) is 5.06. The Bertz CT molecular complexity index is 1230. The zero-order valence-corrected chi connectivity index (χ0v) is 18.4. The Morgan fingerprint density at radius 2 is 1.84 bits per heavy atom. The molecule has 0 atom stereocenters. The first-order chi connectivity index (χ1) is 15.8. The summed E-state index contributed by atoms with van der Waals surface area (Å²) in [4.78, 5) is 20.0. The first-order valence-corrected chi connectivity index (χ1v) is 12.0. The van der Waals surface area contributed by atoms with Crippen LogP contribution in [0.5, 0.6) is 0 Å². The van der Waals surface area contributed by atoms with Gasteiger partial charge in [0.05, 0.1) is 29.2 Å². The normalized spacial score (nSPS) is 18.7. The van der Waals surface area contributed by atoms with Crippen molar-refractivity contribution < 1.29 is 5.11 Å². The van der Waals surface area contributed by atoms with Crippen LogP contribution in [0.2, 0.25) is 0 Å². The maximum Gasteiger partial charge on any atom is 0.131 e. The Morgan fingerprint density at radius 1 is 1.00 bits per heavy atom. The van der Waals surface area contributed by atoms with Crippen LogP contribution >= 0.6 is 0 Å². The summed E-state index contributed by atoms with van der Waals surface area (Å²) >= 11 is 0. The summed E-state index contributed by atoms with van der Waals surface area (Å²) in [7, 11) is 0. The van der Waals surface area contributed by atoms with Crippen molar-refractivity contribution in [3.63, 3.8) is 0 Å². The Balaban J connectivity index is 1.37. The van der Waals surface area contributed by atoms with Gasteiger partial charge in [0, 0.05) is 37.4 Å². The van der Waals surface area contributed by atoms with E-state index < -0.39 is 0 Å². The number of rotatable bonds is 4. The number of aliphatic hydroxyl groups is 1. The van der Waals surface area contributed by atoms with Gasteiger partial charge in [-0.2, -0.15) is 0 Å². The third-order valence-electron chi connectivity index (χ3n) is 7.41. The van der Waals surface area contributed by atoms with Gasteiger partial charge in [0.1, 0.15) is 17.0 Å². The molecule has 0 amide bonds. The summed E-state index contributed by atoms with van der Waals surface area (Å²) in [5.74, 6) is 1.38. The van der Waals surface area contributed by atoms with Crippen molar-refractivity contribution in [3.8, 4) is 11.3 Å². The SMILES string of the molecule is OCC1CCN(c2cc3[nH]cnc3c(-c3ccc4c(c3)ncn4C3CCCCC3)n2)CC1. The highest BCUT2D eigenvalue weighted by Gasteiger charge is 2.22. The molecule has 4 heterocycles. The Hall–Kier alpha value is -2.93. The fraction of sp³-hybridized carbons (Fsp3) is 0.480. The maximum atomic E-state index is 9.47. The fourth-order valence-corrected chi connectivity index (χ4v) is 5.47. The van der Waals surface area contributed by atoms with Gasteiger partial charge >= 0.3 is 0 Å². The molecule has 7 heteroatoms. The summed E-state index contributed by atoms with van der Waals surface area (Å²) in [6, 6.07) is 9.20. The van der Waals surface area contributed by atoms with E-state index in [1.54, 1.807) is 6.33 Å². The van der Waals surface area contributed by atoms with E-state index in [1.165, 1.54) is 37.6 Å². The molecule has 0 unspecified atom stereocenters. The molecule has 1 aromatic carbocycles. The predicted octanol–water partition coefficient (Wildman–Crippen LogP) is 4.69. The van der Waals surface area contributed by atoms with Gasteiger partial charge in [-0.05, 0) is 43.7 Å². The molecule has 6 rings (SSSR count). The molecule has 0 radical (unpaired) electrons. The van der Waals surface area contributed by atoms with Crippen LogP contribution in [-0.2, 0) is 0 Å². The molecule has 2 N–H and O–H groups in total. The minimum atomic E-state index is 0.277. The summed E-state index contributed by atoms with van der Waals surface area (Å²) in [5, 5.41) is 9.47. The number of aromatic nitrogens is 5. The maximum absolute atomic E-state index is 9.47. The second-order valence-electron chi connectivity index (χ2n) is 9.39. The number of aliphatic hydroxyl groups excluding tert-OH is 1. The van der Waals surface area contributed by atoms with Crippen LogP contribution in [0, 0.1) is 5.92 Å². The van der Waals surface area contributed by atoms with E-state index in [0.717, 1.165) is 59.6 Å². The van der Waals surface area contributed by atoms with Crippen molar-refractivity contribution in [2.75, 3.05) is 24.6 Å². The third-order valence-corrected chi connectivity index (χ3v) is 7.41. The molecule has 2 aliphatic rings. The van der Waals surface area contributed by atoms with Crippen LogP contribution in [0.3, 0.4) is 0 Å². The predicted molar refractivity (Wildman–Crippen MR) is 127 cm³/mol. The van der Waals surface area contributed by atoms with Crippen LogP contribution in [-0.4, -0.2) is 49.3 Å². The minimum Gasteiger partial charge on any atom is -0.396 e. The second-order valence-corrected chi connectivity index (χ2v) is 9.39. The molecule has 0 bridgehead atoms. The van der Waals surface area contributed by atoms with Gasteiger partial charge in [-0.1, -0.05) is 25.3 Å². The van der Waals surface area contributed by atoms with E-state index in [9.17, 15) is 5.11 Å². The number of imidazole rings is 2. The first-order valence-electron chi connectivity index (χ1n) is 12.0. The largest absolute Gasteiger partial charge is 0.396 e. The van der Waals surface area contributed by atoms with Crippen LogP contribution in [0.15, 0.2) is 36.9 Å². The molecule has 166 valence electrons. The number of pyridine rings is 1. The van der Waals surface area contributed by atoms with E-state index in [4.69, 9.17) is 9.97 Å². The number of hydrogen-bond donors (Lipinski definition) is 2. The standard InChI is InChI=1S/C25H30N6O/c32-14-17-8-10-30(11-9-17)23-13-21-25(27-15-26-21)24(29-23)18-6-7-22-20(12-18)28-16-31(22)19-4-2-1-3-5-19/h6-7,12-13,15-17,19,32H,1-5,8-11,14H2,(H,26,27). The van der Waals surface area contributed by atoms with Crippen LogP contribution in [0.1, 0.15) is 51.0 Å². The molecular formula is C25H30N6O. The smallest absolute Gasteiger partial charge is 0.131 e. The molecule has 4 aromatic rings. The number of nitrogens with zero attached hydrogens (tertiary/aromatic N) is 5. The van der Waals surface area contributed by atoms with Gasteiger partial charge in [0.15, 0.2) is 0 Å². The van der Waals surface area contributed by atoms with Gasteiger partial charge in [0.25, 0.3) is 0 Å². The molecule has 1 saturated heterocycles. The monoisotopic (exact) mass is 430 g/mol. The lowest BCUT2D eigenvalue weighted by Gasteiger charge is -2.32. The molecule has 1 aliphatic heterocycles. The number of anilines is 1. The van der Waals surface area contributed by atoms with E-state index in [0.29, 0.717) is 12.0 Å². The van der Waals surface area contributed by atoms with Crippen molar-refractivity contribution in [2.45, 2.75) is 51.0 Å². The highest BCUT2D eigenvalue weighted by Crippen LogP contribution is 2.34. The Morgan fingerprint density at radius 3 is 2.66 bits per heavy atom. The number of hydrogen-bond acceptors (Lipinski definition) is 5. The zero-order chi connectivity index (χ0) is 21.5. The summed E-state index contributed by atoms with van der Waals surface area (Å²) in [6.45, 7) is 2.11. The average Bonchev–Trinajstić information content (AvgIpc) is 3.50. The van der Waals surface area contributed by atoms with Crippen LogP contribution in [0.4, 0.5) is 5.82 Å². The summed E-state index contributed by atoms with van der Waals surface area (Å²) < 4.78 is 2.37. The molecular weight excluding hydrogens is 400 g/mol. The van der Waals surface area contributed by atoms with Gasteiger partial charge < -0.3 is 19.6 Å². The number of benzene rings is 1. The third kappa shape index (κ3) is 3.45. The molecule has 7 nitrogen and oxygen atoms in total. The van der Waals surface area contributed by atoms with Crippen LogP contribution < -0.4 is 4.90 Å². The molecule has 32 heavy (non-hydrogen) atoms. The van der Waals surface area contributed by atoms with E-state index in [-0.39, 0.29) is 6.61 Å². The van der Waals surface area contributed by atoms with Gasteiger partial charge in [0.2, 0.25) is 0 Å². The fourth-order valence-electron chi connectivity index (χ4n) is 5.47. The van der Waals surface area contributed by atoms with E-state index in [1.807, 2.05) is 6.33 Å². The van der Waals surface area contributed by atoms with E-state index in [2.05, 4.69) is 43.7 Å². The highest BCUT2D eigenvalue weighted by atomic mass is 16.3. The quantitative estimate of drug-likeness (QED) is 0.491. The summed E-state index contributed by atoms with van der Waals surface area (Å²) in [6.07, 6.45) is 12.2. The molecule has 1 saturated carbocycles. The first kappa shape index (κ1) is 19.7. The van der Waals surface area contributed by atoms with Crippen molar-refractivity contribution in [1.29, 1.82) is 0 Å². The highest BCUT2D eigenvalue weighted by molar-refractivity contribution is 5.93. The van der Waals surface area contributed by atoms with Crippen molar-refractivity contribution in [2.24, 2.45) is 5.92 Å². The lowest BCUT2D eigenvalue weighted by molar-refractivity contribution is 0.203. The number of piperidine rings is 1. The summed E-state index contributed by atoms with van der Waals surface area (Å²) in [5.41, 5.74) is 6.08.